The van der Waals surface area contributed by atoms with Crippen LogP contribution in [0.4, 0.5) is 0 Å². The van der Waals surface area contributed by atoms with Crippen LogP contribution in [-0.4, -0.2) is 22.0 Å². The van der Waals surface area contributed by atoms with Crippen molar-refractivity contribution in [3.8, 4) is 5.75 Å². The second kappa shape index (κ2) is 7.98. The number of benzene rings is 2. The van der Waals surface area contributed by atoms with E-state index in [1.54, 1.807) is 36.4 Å². The fourth-order valence-corrected chi connectivity index (χ4v) is 3.03. The predicted octanol–water partition coefficient (Wildman–Crippen LogP) is 4.06. The van der Waals surface area contributed by atoms with Crippen LogP contribution in [0.3, 0.4) is 0 Å². The highest BCUT2D eigenvalue weighted by molar-refractivity contribution is 6.37. The quantitative estimate of drug-likeness (QED) is 0.650. The average molecular weight is 406 g/mol. The highest BCUT2D eigenvalue weighted by atomic mass is 35.5. The molecule has 27 heavy (non-hydrogen) atoms. The SMILES string of the molecule is CC[C@@H](C)Oc1c(Cl)cc(C=Nn2c(=O)[nH]c3ccccc3c2=O)cc1Cl. The molecule has 1 heterocycles. The van der Waals surface area contributed by atoms with Crippen molar-refractivity contribution in [1.29, 1.82) is 0 Å². The first-order chi connectivity index (χ1) is 12.9. The Kier molecular flexibility index (Phi) is 5.68. The Hall–Kier alpha value is -2.57. The number of rotatable bonds is 5. The molecular formula is C19H17Cl2N3O3. The van der Waals surface area contributed by atoms with Crippen LogP contribution in [-0.2, 0) is 0 Å². The van der Waals surface area contributed by atoms with Crippen molar-refractivity contribution in [3.05, 3.63) is 72.8 Å². The molecule has 0 fully saturated rings. The van der Waals surface area contributed by atoms with Gasteiger partial charge in [0.1, 0.15) is 0 Å². The number of hydrogen-bond donors (Lipinski definition) is 1. The van der Waals surface area contributed by atoms with E-state index in [0.717, 1.165) is 11.1 Å². The Morgan fingerprint density at radius 2 is 1.89 bits per heavy atom. The van der Waals surface area contributed by atoms with Gasteiger partial charge in [0, 0.05) is 0 Å². The van der Waals surface area contributed by atoms with Crippen molar-refractivity contribution in [2.75, 3.05) is 0 Å². The molecule has 2 aromatic carbocycles. The fraction of sp³-hybridized carbons (Fsp3) is 0.211. The zero-order chi connectivity index (χ0) is 19.6. The van der Waals surface area contributed by atoms with Gasteiger partial charge in [0.05, 0.1) is 33.3 Å². The third-order valence-electron chi connectivity index (χ3n) is 4.02. The van der Waals surface area contributed by atoms with Gasteiger partial charge in [-0.15, -0.1) is 4.68 Å². The lowest BCUT2D eigenvalue weighted by Crippen LogP contribution is -2.32. The summed E-state index contributed by atoms with van der Waals surface area (Å²) in [7, 11) is 0. The van der Waals surface area contributed by atoms with Crippen molar-refractivity contribution >= 4 is 40.3 Å². The van der Waals surface area contributed by atoms with Crippen molar-refractivity contribution in [2.45, 2.75) is 26.4 Å². The first-order valence-corrected chi connectivity index (χ1v) is 9.10. The van der Waals surface area contributed by atoms with Crippen molar-refractivity contribution < 1.29 is 4.74 Å². The fourth-order valence-electron chi connectivity index (χ4n) is 2.43. The summed E-state index contributed by atoms with van der Waals surface area (Å²) < 4.78 is 6.47. The minimum absolute atomic E-state index is 0.0331. The molecule has 6 nitrogen and oxygen atoms in total. The van der Waals surface area contributed by atoms with Crippen LogP contribution < -0.4 is 16.0 Å². The van der Waals surface area contributed by atoms with Gasteiger partial charge in [0.15, 0.2) is 5.75 Å². The van der Waals surface area contributed by atoms with Crippen LogP contribution in [0, 0.1) is 0 Å². The maximum Gasteiger partial charge on any atom is 0.349 e. The summed E-state index contributed by atoms with van der Waals surface area (Å²) in [6, 6.07) is 9.93. The zero-order valence-corrected chi connectivity index (χ0v) is 16.2. The molecule has 0 bridgehead atoms. The van der Waals surface area contributed by atoms with E-state index in [2.05, 4.69) is 10.1 Å². The van der Waals surface area contributed by atoms with Crippen LogP contribution in [0.5, 0.6) is 5.75 Å². The lowest BCUT2D eigenvalue weighted by atomic mass is 10.2. The van der Waals surface area contributed by atoms with E-state index >= 15 is 0 Å². The molecular weight excluding hydrogens is 389 g/mol. The number of aromatic nitrogens is 2. The normalized spacial score (nSPS) is 12.6. The van der Waals surface area contributed by atoms with Gasteiger partial charge in [-0.1, -0.05) is 42.3 Å². The second-order valence-corrected chi connectivity index (χ2v) is 6.80. The highest BCUT2D eigenvalue weighted by Crippen LogP contribution is 2.34. The summed E-state index contributed by atoms with van der Waals surface area (Å²) in [5, 5.41) is 5.00. The van der Waals surface area contributed by atoms with E-state index in [1.807, 2.05) is 13.8 Å². The number of nitrogens with one attached hydrogen (secondary N) is 1. The van der Waals surface area contributed by atoms with E-state index < -0.39 is 11.2 Å². The molecule has 140 valence electrons. The molecule has 0 unspecified atom stereocenters. The average Bonchev–Trinajstić information content (AvgIpc) is 2.64. The summed E-state index contributed by atoms with van der Waals surface area (Å²) in [5.74, 6) is 0.394. The number of ether oxygens (including phenoxy) is 1. The van der Waals surface area contributed by atoms with Crippen LogP contribution in [0.2, 0.25) is 10.0 Å². The van der Waals surface area contributed by atoms with Crippen LogP contribution in [0.15, 0.2) is 51.1 Å². The summed E-state index contributed by atoms with van der Waals surface area (Å²) in [6.07, 6.45) is 2.12. The lowest BCUT2D eigenvalue weighted by Gasteiger charge is -2.15. The van der Waals surface area contributed by atoms with Crippen LogP contribution in [0.25, 0.3) is 10.9 Å². The molecule has 8 heteroatoms. The Balaban J connectivity index is 1.99. The van der Waals surface area contributed by atoms with Gasteiger partial charge < -0.3 is 9.72 Å². The Labute approximate surface area is 165 Å². The molecule has 0 saturated carbocycles. The number of halogens is 2. The molecule has 0 aliphatic carbocycles. The molecule has 0 radical (unpaired) electrons. The maximum atomic E-state index is 12.5. The van der Waals surface area contributed by atoms with Crippen molar-refractivity contribution in [2.24, 2.45) is 5.10 Å². The zero-order valence-electron chi connectivity index (χ0n) is 14.7. The molecule has 0 spiro atoms. The monoisotopic (exact) mass is 405 g/mol. The Morgan fingerprint density at radius 1 is 1.22 bits per heavy atom. The third-order valence-corrected chi connectivity index (χ3v) is 4.58. The molecule has 1 N–H and O–H groups in total. The first kappa shape index (κ1) is 19.2. The Bertz CT molecular complexity index is 1110. The first-order valence-electron chi connectivity index (χ1n) is 8.34. The number of aromatic amines is 1. The maximum absolute atomic E-state index is 12.5. The third kappa shape index (κ3) is 4.07. The topological polar surface area (TPSA) is 76.5 Å². The van der Waals surface area contributed by atoms with E-state index in [9.17, 15) is 9.59 Å². The van der Waals surface area contributed by atoms with E-state index in [-0.39, 0.29) is 6.10 Å². The smallest absolute Gasteiger partial charge is 0.349 e. The number of para-hydroxylation sites is 1. The minimum Gasteiger partial charge on any atom is -0.488 e. The van der Waals surface area contributed by atoms with Crippen LogP contribution >= 0.6 is 23.2 Å². The van der Waals surface area contributed by atoms with E-state index in [0.29, 0.717) is 32.3 Å². The summed E-state index contributed by atoms with van der Waals surface area (Å²) in [6.45, 7) is 3.91. The van der Waals surface area contributed by atoms with Gasteiger partial charge in [0.2, 0.25) is 0 Å². The van der Waals surface area contributed by atoms with Crippen LogP contribution in [0.1, 0.15) is 25.8 Å². The second-order valence-electron chi connectivity index (χ2n) is 5.99. The van der Waals surface area contributed by atoms with E-state index in [4.69, 9.17) is 27.9 Å². The van der Waals surface area contributed by atoms with Gasteiger partial charge in [-0.25, -0.2) is 4.79 Å². The Morgan fingerprint density at radius 3 is 2.56 bits per heavy atom. The number of nitrogens with zero attached hydrogens (tertiary/aromatic N) is 2. The lowest BCUT2D eigenvalue weighted by molar-refractivity contribution is 0.218. The molecule has 1 aromatic heterocycles. The van der Waals surface area contributed by atoms with E-state index in [1.165, 1.54) is 6.21 Å². The van der Waals surface area contributed by atoms with Gasteiger partial charge in [-0.2, -0.15) is 5.10 Å². The molecule has 0 aliphatic heterocycles. The largest absolute Gasteiger partial charge is 0.488 e. The van der Waals surface area contributed by atoms with Gasteiger partial charge in [0.25, 0.3) is 5.56 Å². The van der Waals surface area contributed by atoms with Crippen molar-refractivity contribution in [3.63, 3.8) is 0 Å². The number of hydrogen-bond acceptors (Lipinski definition) is 4. The van der Waals surface area contributed by atoms with Gasteiger partial charge >= 0.3 is 5.69 Å². The number of fused-ring (bicyclic) bond motifs is 1. The standard InChI is InChI=1S/C19H17Cl2N3O3/c1-3-11(2)27-17-14(20)8-12(9-15(17)21)10-22-24-18(25)13-6-4-5-7-16(13)23-19(24)26/h4-11H,3H2,1-2H3,(H,23,26)/t11-/m1/s1. The molecule has 0 amide bonds. The summed E-state index contributed by atoms with van der Waals surface area (Å²) in [4.78, 5) is 27.2. The highest BCUT2D eigenvalue weighted by Gasteiger charge is 2.12. The summed E-state index contributed by atoms with van der Waals surface area (Å²) >= 11 is 12.5. The minimum atomic E-state index is -0.635. The predicted molar refractivity (Wildman–Crippen MR) is 109 cm³/mol. The summed E-state index contributed by atoms with van der Waals surface area (Å²) in [5.41, 5.74) is -0.166. The number of H-pyrrole nitrogens is 1. The molecule has 3 aromatic rings. The molecule has 3 rings (SSSR count). The van der Waals surface area contributed by atoms with Gasteiger partial charge in [-0.05, 0) is 43.2 Å². The molecule has 0 saturated heterocycles. The molecule has 0 aliphatic rings. The van der Waals surface area contributed by atoms with Gasteiger partial charge in [-0.3, -0.25) is 4.79 Å². The molecule has 1 atom stereocenters. The van der Waals surface area contributed by atoms with Crippen molar-refractivity contribution in [1.82, 2.24) is 9.66 Å².